The summed E-state index contributed by atoms with van der Waals surface area (Å²) in [5.41, 5.74) is 0. The van der Waals surface area contributed by atoms with Gasteiger partial charge in [-0.2, -0.15) is 0 Å². The predicted molar refractivity (Wildman–Crippen MR) is 96.6 cm³/mol. The lowest BCUT2D eigenvalue weighted by Gasteiger charge is -2.40. The summed E-state index contributed by atoms with van der Waals surface area (Å²) in [6.45, 7) is 4.04. The maximum Gasteiger partial charge on any atom is 0.159 e. The molecule has 5 nitrogen and oxygen atoms in total. The molecular weight excluding hydrogens is 324 g/mol. The van der Waals surface area contributed by atoms with E-state index in [0.717, 1.165) is 49.2 Å². The fraction of sp³-hybridized carbons (Fsp3) is 0.556. The molecule has 2 saturated heterocycles. The van der Waals surface area contributed by atoms with E-state index in [0.29, 0.717) is 17.2 Å². The summed E-state index contributed by atoms with van der Waals surface area (Å²) in [7, 11) is 0. The second-order valence-electron chi connectivity index (χ2n) is 6.71. The van der Waals surface area contributed by atoms with Crippen molar-refractivity contribution < 1.29 is 4.74 Å². The molecule has 1 unspecified atom stereocenters. The van der Waals surface area contributed by atoms with Crippen LogP contribution in [0, 0.1) is 0 Å². The van der Waals surface area contributed by atoms with Crippen molar-refractivity contribution in [3.8, 4) is 0 Å². The van der Waals surface area contributed by atoms with Gasteiger partial charge in [-0.25, -0.2) is 0 Å². The molecular formula is C18H23ClN4O. The van der Waals surface area contributed by atoms with E-state index in [1.807, 2.05) is 18.2 Å². The molecule has 2 aliphatic rings. The molecule has 1 atom stereocenters. The maximum atomic E-state index is 6.18. The van der Waals surface area contributed by atoms with Crippen molar-refractivity contribution >= 4 is 28.2 Å². The van der Waals surface area contributed by atoms with Crippen LogP contribution in [0.4, 0.5) is 5.82 Å². The molecule has 6 heteroatoms. The van der Waals surface area contributed by atoms with Crippen molar-refractivity contribution in [2.24, 2.45) is 0 Å². The minimum absolute atomic E-state index is 0.403. The molecule has 0 saturated carbocycles. The van der Waals surface area contributed by atoms with Crippen molar-refractivity contribution in [3.05, 3.63) is 29.4 Å². The molecule has 2 aromatic rings. The Hall–Kier alpha value is -1.43. The summed E-state index contributed by atoms with van der Waals surface area (Å²) in [5.74, 6) is 0.842. The van der Waals surface area contributed by atoms with E-state index in [4.69, 9.17) is 16.3 Å². The highest BCUT2D eigenvalue weighted by Crippen LogP contribution is 2.28. The summed E-state index contributed by atoms with van der Waals surface area (Å²) in [6.07, 6.45) is 4.68. The molecule has 0 aliphatic carbocycles. The van der Waals surface area contributed by atoms with Gasteiger partial charge in [-0.1, -0.05) is 35.9 Å². The maximum absolute atomic E-state index is 6.18. The number of nitrogens with zero attached hydrogens (tertiary/aromatic N) is 3. The van der Waals surface area contributed by atoms with Crippen molar-refractivity contribution in [2.45, 2.75) is 37.8 Å². The SMILES string of the molecule is Clc1nnc(NC2CCCN(C3CCOCC3)C2)c2ccccc12. The third-order valence-corrected chi connectivity index (χ3v) is 5.42. The zero-order chi connectivity index (χ0) is 16.4. The van der Waals surface area contributed by atoms with E-state index >= 15 is 0 Å². The molecule has 0 radical (unpaired) electrons. The molecule has 1 N–H and O–H groups in total. The standard InChI is InChI=1S/C18H23ClN4O/c19-17-15-5-1-2-6-16(15)18(22-21-17)20-13-4-3-9-23(12-13)14-7-10-24-11-8-14/h1-2,5-6,13-14H,3-4,7-12H2,(H,20,22). The van der Waals surface area contributed by atoms with Gasteiger partial charge in [0.2, 0.25) is 0 Å². The molecule has 1 aromatic carbocycles. The van der Waals surface area contributed by atoms with Gasteiger partial charge in [-0.15, -0.1) is 10.2 Å². The van der Waals surface area contributed by atoms with Crippen LogP contribution in [-0.4, -0.2) is 53.5 Å². The Morgan fingerprint density at radius 2 is 1.88 bits per heavy atom. The first-order valence-corrected chi connectivity index (χ1v) is 9.18. The average molecular weight is 347 g/mol. The fourth-order valence-corrected chi connectivity index (χ4v) is 4.08. The van der Waals surface area contributed by atoms with Gasteiger partial charge in [0.25, 0.3) is 0 Å². The molecule has 2 aliphatic heterocycles. The molecule has 0 bridgehead atoms. The highest BCUT2D eigenvalue weighted by molar-refractivity contribution is 6.34. The number of rotatable bonds is 3. The number of likely N-dealkylation sites (tertiary alicyclic amines) is 1. The van der Waals surface area contributed by atoms with Gasteiger partial charge in [-0.3, -0.25) is 4.90 Å². The van der Waals surface area contributed by atoms with E-state index in [1.165, 1.54) is 19.4 Å². The van der Waals surface area contributed by atoms with E-state index < -0.39 is 0 Å². The molecule has 2 fully saturated rings. The summed E-state index contributed by atoms with van der Waals surface area (Å²) >= 11 is 6.18. The van der Waals surface area contributed by atoms with E-state index in [2.05, 4.69) is 26.5 Å². The van der Waals surface area contributed by atoms with Crippen molar-refractivity contribution in [2.75, 3.05) is 31.6 Å². The van der Waals surface area contributed by atoms with E-state index in [9.17, 15) is 0 Å². The molecule has 0 spiro atoms. The first-order chi connectivity index (χ1) is 11.8. The Labute approximate surface area is 147 Å². The second kappa shape index (κ2) is 7.21. The smallest absolute Gasteiger partial charge is 0.159 e. The van der Waals surface area contributed by atoms with Gasteiger partial charge in [0.15, 0.2) is 11.0 Å². The normalized spacial score (nSPS) is 23.5. The Balaban J connectivity index is 1.50. The van der Waals surface area contributed by atoms with Gasteiger partial charge in [0.05, 0.1) is 0 Å². The first kappa shape index (κ1) is 16.1. The highest BCUT2D eigenvalue weighted by Gasteiger charge is 2.27. The Bertz CT molecular complexity index is 704. The first-order valence-electron chi connectivity index (χ1n) is 8.80. The minimum Gasteiger partial charge on any atom is -0.381 e. The number of aromatic nitrogens is 2. The number of nitrogens with one attached hydrogen (secondary N) is 1. The monoisotopic (exact) mass is 346 g/mol. The van der Waals surface area contributed by atoms with Crippen LogP contribution < -0.4 is 5.32 Å². The number of hydrogen-bond donors (Lipinski definition) is 1. The van der Waals surface area contributed by atoms with Crippen molar-refractivity contribution in [1.29, 1.82) is 0 Å². The topological polar surface area (TPSA) is 50.3 Å². The van der Waals surface area contributed by atoms with Crippen molar-refractivity contribution in [3.63, 3.8) is 0 Å². The largest absolute Gasteiger partial charge is 0.381 e. The lowest BCUT2D eigenvalue weighted by Crippen LogP contribution is -2.48. The second-order valence-corrected chi connectivity index (χ2v) is 7.06. The molecule has 128 valence electrons. The number of piperidine rings is 1. The molecule has 24 heavy (non-hydrogen) atoms. The van der Waals surface area contributed by atoms with Crippen LogP contribution in [0.25, 0.3) is 10.8 Å². The number of ether oxygens (including phenoxy) is 1. The number of benzene rings is 1. The Morgan fingerprint density at radius 1 is 1.08 bits per heavy atom. The van der Waals surface area contributed by atoms with E-state index in [-0.39, 0.29) is 0 Å². The average Bonchev–Trinajstić information content (AvgIpc) is 2.65. The molecule has 3 heterocycles. The summed E-state index contributed by atoms with van der Waals surface area (Å²) in [4.78, 5) is 2.62. The van der Waals surface area contributed by atoms with Gasteiger partial charge in [0.1, 0.15) is 0 Å². The van der Waals surface area contributed by atoms with Crippen LogP contribution in [0.2, 0.25) is 5.15 Å². The zero-order valence-corrected chi connectivity index (χ0v) is 14.5. The van der Waals surface area contributed by atoms with Crippen LogP contribution in [0.3, 0.4) is 0 Å². The van der Waals surface area contributed by atoms with Crippen LogP contribution in [0.15, 0.2) is 24.3 Å². The number of fused-ring (bicyclic) bond motifs is 1. The molecule has 0 amide bonds. The number of anilines is 1. The van der Waals surface area contributed by atoms with E-state index in [1.54, 1.807) is 0 Å². The van der Waals surface area contributed by atoms with Crippen LogP contribution in [0.1, 0.15) is 25.7 Å². The van der Waals surface area contributed by atoms with Crippen LogP contribution in [0.5, 0.6) is 0 Å². The third kappa shape index (κ3) is 3.34. The molecule has 1 aromatic heterocycles. The number of halogens is 1. The molecule has 4 rings (SSSR count). The lowest BCUT2D eigenvalue weighted by molar-refractivity contribution is 0.0255. The van der Waals surface area contributed by atoms with Crippen molar-refractivity contribution in [1.82, 2.24) is 15.1 Å². The fourth-order valence-electron chi connectivity index (χ4n) is 3.88. The summed E-state index contributed by atoms with van der Waals surface area (Å²) in [5, 5.41) is 14.5. The zero-order valence-electron chi connectivity index (χ0n) is 13.7. The van der Waals surface area contributed by atoms with Gasteiger partial charge in [-0.05, 0) is 32.2 Å². The summed E-state index contributed by atoms with van der Waals surface area (Å²) < 4.78 is 5.50. The van der Waals surface area contributed by atoms with Gasteiger partial charge >= 0.3 is 0 Å². The highest BCUT2D eigenvalue weighted by atomic mass is 35.5. The lowest BCUT2D eigenvalue weighted by atomic mass is 9.99. The predicted octanol–water partition coefficient (Wildman–Crippen LogP) is 3.34. The Kier molecular flexibility index (Phi) is 4.83. The van der Waals surface area contributed by atoms with Crippen LogP contribution >= 0.6 is 11.6 Å². The quantitative estimate of drug-likeness (QED) is 0.923. The minimum atomic E-state index is 0.403. The summed E-state index contributed by atoms with van der Waals surface area (Å²) in [6, 6.07) is 9.11. The van der Waals surface area contributed by atoms with Gasteiger partial charge in [0, 0.05) is 42.6 Å². The third-order valence-electron chi connectivity index (χ3n) is 5.14. The van der Waals surface area contributed by atoms with Gasteiger partial charge < -0.3 is 10.1 Å². The number of hydrogen-bond acceptors (Lipinski definition) is 5. The Morgan fingerprint density at radius 3 is 2.71 bits per heavy atom. The van der Waals surface area contributed by atoms with Crippen LogP contribution in [-0.2, 0) is 4.74 Å².